The van der Waals surface area contributed by atoms with Crippen molar-refractivity contribution in [3.8, 4) is 11.5 Å². The van der Waals surface area contributed by atoms with Gasteiger partial charge in [-0.15, -0.1) is 0 Å². The van der Waals surface area contributed by atoms with Gasteiger partial charge in [-0.3, -0.25) is 9.59 Å². The highest BCUT2D eigenvalue weighted by molar-refractivity contribution is 7.16. The summed E-state index contributed by atoms with van der Waals surface area (Å²) in [6, 6.07) is 10.4. The van der Waals surface area contributed by atoms with Crippen LogP contribution < -0.4 is 14.3 Å². The Morgan fingerprint density at radius 3 is 2.33 bits per heavy atom. The molecule has 1 aliphatic rings. The van der Waals surface area contributed by atoms with Crippen LogP contribution in [0.2, 0.25) is 0 Å². The van der Waals surface area contributed by atoms with Crippen molar-refractivity contribution in [1.29, 1.82) is 0 Å². The number of carbonyl (C=O) groups excluding carboxylic acids is 2. The van der Waals surface area contributed by atoms with Crippen molar-refractivity contribution in [1.82, 2.24) is 4.57 Å². The van der Waals surface area contributed by atoms with Gasteiger partial charge in [0.25, 0.3) is 5.91 Å². The minimum atomic E-state index is -0.337. The summed E-state index contributed by atoms with van der Waals surface area (Å²) in [4.78, 5) is 28.9. The van der Waals surface area contributed by atoms with E-state index in [-0.39, 0.29) is 11.7 Å². The van der Waals surface area contributed by atoms with Crippen LogP contribution in [0.15, 0.2) is 41.4 Å². The third-order valence-electron chi connectivity index (χ3n) is 4.40. The van der Waals surface area contributed by atoms with Crippen LogP contribution in [0.1, 0.15) is 34.6 Å². The van der Waals surface area contributed by atoms with Crippen molar-refractivity contribution in [2.45, 2.75) is 20.4 Å². The van der Waals surface area contributed by atoms with Crippen LogP contribution in [0, 0.1) is 0 Å². The van der Waals surface area contributed by atoms with E-state index in [0.29, 0.717) is 41.4 Å². The van der Waals surface area contributed by atoms with Crippen LogP contribution in [-0.2, 0) is 6.54 Å². The smallest absolute Gasteiger partial charge is 0.279 e. The Kier molecular flexibility index (Phi) is 4.53. The lowest BCUT2D eigenvalue weighted by atomic mass is 10.1. The second-order valence-electron chi connectivity index (χ2n) is 6.14. The van der Waals surface area contributed by atoms with E-state index in [0.717, 1.165) is 16.0 Å². The zero-order chi connectivity index (χ0) is 19.0. The van der Waals surface area contributed by atoms with Gasteiger partial charge in [0.05, 0.1) is 10.2 Å². The molecule has 4 rings (SSSR count). The van der Waals surface area contributed by atoms with Gasteiger partial charge in [0, 0.05) is 29.8 Å². The predicted octanol–water partition coefficient (Wildman–Crippen LogP) is 3.44. The molecule has 1 aromatic heterocycles. The van der Waals surface area contributed by atoms with Gasteiger partial charge in [0.1, 0.15) is 13.2 Å². The number of fused-ring (bicyclic) bond motifs is 2. The monoisotopic (exact) mass is 382 g/mol. The lowest BCUT2D eigenvalue weighted by Crippen LogP contribution is -2.17. The second-order valence-corrected chi connectivity index (χ2v) is 7.15. The van der Waals surface area contributed by atoms with Gasteiger partial charge >= 0.3 is 0 Å². The predicted molar refractivity (Wildman–Crippen MR) is 103 cm³/mol. The van der Waals surface area contributed by atoms with Gasteiger partial charge in [0.15, 0.2) is 22.1 Å². The average molecular weight is 382 g/mol. The number of carbonyl (C=O) groups is 2. The Morgan fingerprint density at radius 1 is 1.07 bits per heavy atom. The molecule has 3 aromatic rings. The van der Waals surface area contributed by atoms with Crippen molar-refractivity contribution >= 4 is 33.2 Å². The zero-order valence-corrected chi connectivity index (χ0v) is 15.8. The average Bonchev–Trinajstić information content (AvgIpc) is 3.01. The molecule has 6 nitrogen and oxygen atoms in total. The number of hydrogen-bond acceptors (Lipinski definition) is 5. The number of ether oxygens (including phenoxy) is 2. The minimum Gasteiger partial charge on any atom is -0.486 e. The summed E-state index contributed by atoms with van der Waals surface area (Å²) in [7, 11) is 0. The molecule has 0 aliphatic carbocycles. The molecule has 0 unspecified atom stereocenters. The first-order chi connectivity index (χ1) is 13.1. The Bertz CT molecular complexity index is 1110. The van der Waals surface area contributed by atoms with Crippen LogP contribution in [-0.4, -0.2) is 29.5 Å². The lowest BCUT2D eigenvalue weighted by molar-refractivity contribution is 0.0991. The molecule has 0 radical (unpaired) electrons. The third kappa shape index (κ3) is 3.26. The van der Waals surface area contributed by atoms with Gasteiger partial charge in [-0.05, 0) is 26.0 Å². The van der Waals surface area contributed by atoms with Gasteiger partial charge in [-0.25, -0.2) is 0 Å². The largest absolute Gasteiger partial charge is 0.486 e. The number of aromatic nitrogens is 1. The maximum absolute atomic E-state index is 12.6. The number of ketones is 1. The summed E-state index contributed by atoms with van der Waals surface area (Å²) in [6.07, 6.45) is 0. The Balaban J connectivity index is 1.77. The minimum absolute atomic E-state index is 0.0346. The summed E-state index contributed by atoms with van der Waals surface area (Å²) >= 11 is 1.44. The zero-order valence-electron chi connectivity index (χ0n) is 15.0. The molecule has 2 aromatic carbocycles. The Hall–Kier alpha value is -2.93. The van der Waals surface area contributed by atoms with Crippen LogP contribution in [0.4, 0.5) is 0 Å². The van der Waals surface area contributed by atoms with Crippen LogP contribution in [0.25, 0.3) is 10.2 Å². The van der Waals surface area contributed by atoms with Gasteiger partial charge < -0.3 is 14.0 Å². The van der Waals surface area contributed by atoms with E-state index in [4.69, 9.17) is 9.47 Å². The molecule has 0 N–H and O–H groups in total. The molecule has 138 valence electrons. The third-order valence-corrected chi connectivity index (χ3v) is 5.44. The summed E-state index contributed by atoms with van der Waals surface area (Å²) in [5.74, 6) is 1.06. The highest BCUT2D eigenvalue weighted by atomic mass is 32.1. The molecule has 7 heteroatoms. The molecule has 0 saturated carbocycles. The van der Waals surface area contributed by atoms with E-state index < -0.39 is 0 Å². The van der Waals surface area contributed by atoms with Crippen LogP contribution >= 0.6 is 11.3 Å². The fourth-order valence-corrected chi connectivity index (χ4v) is 4.10. The van der Waals surface area contributed by atoms with Crippen molar-refractivity contribution < 1.29 is 19.1 Å². The molecule has 0 atom stereocenters. The Labute approximate surface area is 159 Å². The topological polar surface area (TPSA) is 69.9 Å². The van der Waals surface area contributed by atoms with E-state index in [1.807, 2.05) is 23.6 Å². The first-order valence-electron chi connectivity index (χ1n) is 8.70. The number of Topliss-reactive ketones (excluding diaryl/α,β-unsaturated/α-hetero) is 1. The SMILES string of the molecule is CCn1c(=NC(=O)c2ccc(C(C)=O)cc2)sc2cc3c(cc21)OCCO3. The second kappa shape index (κ2) is 7.00. The quantitative estimate of drug-likeness (QED) is 0.651. The van der Waals surface area contributed by atoms with E-state index in [1.54, 1.807) is 24.3 Å². The van der Waals surface area contributed by atoms with E-state index in [2.05, 4.69) is 4.99 Å². The molecule has 2 heterocycles. The van der Waals surface area contributed by atoms with Crippen molar-refractivity contribution in [3.63, 3.8) is 0 Å². The first kappa shape index (κ1) is 17.5. The number of thiazole rings is 1. The Morgan fingerprint density at radius 2 is 1.70 bits per heavy atom. The number of rotatable bonds is 3. The number of hydrogen-bond donors (Lipinski definition) is 0. The molecular formula is C20H18N2O4S. The normalized spacial score (nSPS) is 13.8. The number of nitrogens with zero attached hydrogens (tertiary/aromatic N) is 2. The standard InChI is InChI=1S/C20H18N2O4S/c1-3-22-15-10-16-17(26-9-8-25-16)11-18(15)27-20(22)21-19(24)14-6-4-13(5-7-14)12(2)23/h4-7,10-11H,3,8-9H2,1-2H3. The lowest BCUT2D eigenvalue weighted by Gasteiger charge is -2.18. The van der Waals surface area contributed by atoms with Gasteiger partial charge in [-0.2, -0.15) is 4.99 Å². The van der Waals surface area contributed by atoms with Crippen molar-refractivity contribution in [2.75, 3.05) is 13.2 Å². The van der Waals surface area contributed by atoms with Crippen LogP contribution in [0.5, 0.6) is 11.5 Å². The number of amides is 1. The molecule has 27 heavy (non-hydrogen) atoms. The summed E-state index contributed by atoms with van der Waals surface area (Å²) < 4.78 is 14.3. The number of benzene rings is 2. The highest BCUT2D eigenvalue weighted by Crippen LogP contribution is 2.35. The molecule has 0 spiro atoms. The molecule has 0 saturated heterocycles. The summed E-state index contributed by atoms with van der Waals surface area (Å²) in [5, 5.41) is 0. The maximum Gasteiger partial charge on any atom is 0.279 e. The van der Waals surface area contributed by atoms with E-state index >= 15 is 0 Å². The fraction of sp³-hybridized carbons (Fsp3) is 0.250. The first-order valence-corrected chi connectivity index (χ1v) is 9.51. The summed E-state index contributed by atoms with van der Waals surface area (Å²) in [6.45, 7) is 5.24. The van der Waals surface area contributed by atoms with Crippen LogP contribution in [0.3, 0.4) is 0 Å². The van der Waals surface area contributed by atoms with E-state index in [1.165, 1.54) is 18.3 Å². The van der Waals surface area contributed by atoms with Gasteiger partial charge in [-0.1, -0.05) is 23.5 Å². The fourth-order valence-electron chi connectivity index (χ4n) is 3.00. The maximum atomic E-state index is 12.6. The molecule has 1 amide bonds. The molecule has 0 fully saturated rings. The van der Waals surface area contributed by atoms with Crippen molar-refractivity contribution in [2.24, 2.45) is 4.99 Å². The summed E-state index contributed by atoms with van der Waals surface area (Å²) in [5.41, 5.74) is 1.99. The molecular weight excluding hydrogens is 364 g/mol. The molecule has 1 aliphatic heterocycles. The number of aryl methyl sites for hydroxylation is 1. The molecule has 0 bridgehead atoms. The van der Waals surface area contributed by atoms with E-state index in [9.17, 15) is 9.59 Å². The van der Waals surface area contributed by atoms with Gasteiger partial charge in [0.2, 0.25) is 0 Å². The highest BCUT2D eigenvalue weighted by Gasteiger charge is 2.16. The van der Waals surface area contributed by atoms with Crippen molar-refractivity contribution in [3.05, 3.63) is 52.3 Å².